The third-order valence-electron chi connectivity index (χ3n) is 3.23. The highest BCUT2D eigenvalue weighted by Crippen LogP contribution is 2.14. The zero-order valence-corrected chi connectivity index (χ0v) is 10.6. The fourth-order valence-electron chi connectivity index (χ4n) is 2.25. The zero-order valence-electron chi connectivity index (χ0n) is 10.6. The maximum atomic E-state index is 11.3. The van der Waals surface area contributed by atoms with Crippen LogP contribution in [0, 0.1) is 6.92 Å². The number of aryl methyl sites for hydroxylation is 2. The second-order valence-corrected chi connectivity index (χ2v) is 4.55. The highest BCUT2D eigenvalue weighted by Gasteiger charge is 2.26. The van der Waals surface area contributed by atoms with Crippen molar-refractivity contribution in [3.8, 4) is 0 Å². The van der Waals surface area contributed by atoms with Gasteiger partial charge in [-0.3, -0.25) is 9.69 Å². The van der Waals surface area contributed by atoms with Crippen LogP contribution < -0.4 is 0 Å². The first-order valence-electron chi connectivity index (χ1n) is 6.27. The summed E-state index contributed by atoms with van der Waals surface area (Å²) in [5.74, 6) is 0.954. The predicted octanol–water partition coefficient (Wildman–Crippen LogP) is 1.31. The molecule has 1 fully saturated rings. The lowest BCUT2D eigenvalue weighted by Gasteiger charge is -2.31. The molecule has 0 aliphatic carbocycles. The number of rotatable bonds is 5. The summed E-state index contributed by atoms with van der Waals surface area (Å²) >= 11 is 0. The molecule has 0 aromatic carbocycles. The number of nitrogens with zero attached hydrogens (tertiary/aromatic N) is 1. The number of carbonyl (C=O) groups is 1. The quantitative estimate of drug-likeness (QED) is 0.857. The van der Waals surface area contributed by atoms with Crippen molar-refractivity contribution in [3.05, 3.63) is 23.7 Å². The van der Waals surface area contributed by atoms with Crippen LogP contribution in [0.15, 0.2) is 16.5 Å². The van der Waals surface area contributed by atoms with E-state index >= 15 is 0 Å². The zero-order chi connectivity index (χ0) is 13.0. The molecule has 1 aliphatic heterocycles. The van der Waals surface area contributed by atoms with Gasteiger partial charge in [-0.15, -0.1) is 0 Å². The number of hydrogen-bond acceptors (Lipinski definition) is 4. The molecule has 0 spiro atoms. The molecule has 2 rings (SSSR count). The maximum absolute atomic E-state index is 11.3. The van der Waals surface area contributed by atoms with E-state index in [0.29, 0.717) is 39.1 Å². The minimum atomic E-state index is -0.764. The Hall–Kier alpha value is -1.33. The van der Waals surface area contributed by atoms with Gasteiger partial charge in [-0.1, -0.05) is 0 Å². The summed E-state index contributed by atoms with van der Waals surface area (Å²) in [6.45, 7) is 4.50. The number of morpholine rings is 1. The lowest BCUT2D eigenvalue weighted by Crippen LogP contribution is -2.47. The molecule has 1 N–H and O–H groups in total. The fourth-order valence-corrected chi connectivity index (χ4v) is 2.25. The number of aliphatic carboxylic acids is 1. The highest BCUT2D eigenvalue weighted by atomic mass is 16.5. The third kappa shape index (κ3) is 3.34. The van der Waals surface area contributed by atoms with Gasteiger partial charge < -0.3 is 14.3 Å². The fraction of sp³-hybridized carbons (Fsp3) is 0.615. The molecule has 2 heterocycles. The molecule has 5 nitrogen and oxygen atoms in total. The van der Waals surface area contributed by atoms with Crippen LogP contribution in [-0.4, -0.2) is 48.3 Å². The van der Waals surface area contributed by atoms with Gasteiger partial charge in [-0.25, -0.2) is 0 Å². The van der Waals surface area contributed by atoms with Gasteiger partial charge in [0.05, 0.1) is 13.2 Å². The van der Waals surface area contributed by atoms with Crippen molar-refractivity contribution in [1.29, 1.82) is 0 Å². The van der Waals surface area contributed by atoms with Crippen molar-refractivity contribution in [2.24, 2.45) is 0 Å². The highest BCUT2D eigenvalue weighted by molar-refractivity contribution is 5.73. The Morgan fingerprint density at radius 1 is 1.44 bits per heavy atom. The average Bonchev–Trinajstić information content (AvgIpc) is 2.76. The van der Waals surface area contributed by atoms with E-state index in [0.717, 1.165) is 11.5 Å². The standard InChI is InChI=1S/C13H19NO4/c1-10-2-3-11(18-10)4-5-12(13(15)16)14-6-8-17-9-7-14/h2-3,12H,4-9H2,1H3,(H,15,16). The van der Waals surface area contributed by atoms with Crippen LogP contribution >= 0.6 is 0 Å². The minimum Gasteiger partial charge on any atom is -0.480 e. The summed E-state index contributed by atoms with van der Waals surface area (Å²) in [5.41, 5.74) is 0. The normalized spacial score (nSPS) is 18.7. The average molecular weight is 253 g/mol. The lowest BCUT2D eigenvalue weighted by molar-refractivity contribution is -0.145. The first-order valence-corrected chi connectivity index (χ1v) is 6.27. The molecule has 18 heavy (non-hydrogen) atoms. The van der Waals surface area contributed by atoms with Gasteiger partial charge in [0.15, 0.2) is 0 Å². The van der Waals surface area contributed by atoms with Gasteiger partial charge in [0.1, 0.15) is 17.6 Å². The van der Waals surface area contributed by atoms with E-state index in [1.807, 2.05) is 24.0 Å². The topological polar surface area (TPSA) is 62.9 Å². The van der Waals surface area contributed by atoms with E-state index in [1.54, 1.807) is 0 Å². The minimum absolute atomic E-state index is 0.445. The smallest absolute Gasteiger partial charge is 0.320 e. The summed E-state index contributed by atoms with van der Waals surface area (Å²) < 4.78 is 10.7. The van der Waals surface area contributed by atoms with Crippen LogP contribution in [0.25, 0.3) is 0 Å². The number of hydrogen-bond donors (Lipinski definition) is 1. The molecule has 5 heteroatoms. The van der Waals surface area contributed by atoms with Gasteiger partial charge in [-0.05, 0) is 25.5 Å². The van der Waals surface area contributed by atoms with Crippen LogP contribution in [0.1, 0.15) is 17.9 Å². The van der Waals surface area contributed by atoms with Crippen LogP contribution in [0.3, 0.4) is 0 Å². The summed E-state index contributed by atoms with van der Waals surface area (Å²) in [7, 11) is 0. The van der Waals surface area contributed by atoms with E-state index in [9.17, 15) is 9.90 Å². The first kappa shape index (κ1) is 13.1. The van der Waals surface area contributed by atoms with Crippen molar-refractivity contribution in [3.63, 3.8) is 0 Å². The first-order chi connectivity index (χ1) is 8.66. The van der Waals surface area contributed by atoms with Crippen molar-refractivity contribution in [2.45, 2.75) is 25.8 Å². The van der Waals surface area contributed by atoms with Gasteiger partial charge in [-0.2, -0.15) is 0 Å². The Morgan fingerprint density at radius 3 is 2.72 bits per heavy atom. The molecule has 0 bridgehead atoms. The molecule has 0 radical (unpaired) electrons. The third-order valence-corrected chi connectivity index (χ3v) is 3.23. The Morgan fingerprint density at radius 2 is 2.17 bits per heavy atom. The Balaban J connectivity index is 1.91. The molecule has 1 aromatic rings. The molecule has 1 atom stereocenters. The summed E-state index contributed by atoms with van der Waals surface area (Å²) in [6, 6.07) is 3.37. The predicted molar refractivity (Wildman–Crippen MR) is 65.6 cm³/mol. The van der Waals surface area contributed by atoms with E-state index in [4.69, 9.17) is 9.15 Å². The Kier molecular flexibility index (Phi) is 4.38. The van der Waals surface area contributed by atoms with Crippen LogP contribution in [0.5, 0.6) is 0 Å². The summed E-state index contributed by atoms with van der Waals surface area (Å²) in [6.07, 6.45) is 1.23. The van der Waals surface area contributed by atoms with Crippen LogP contribution in [0.2, 0.25) is 0 Å². The molecule has 1 aromatic heterocycles. The SMILES string of the molecule is Cc1ccc(CCC(C(=O)O)N2CCOCC2)o1. The summed E-state index contributed by atoms with van der Waals surface area (Å²) in [4.78, 5) is 13.3. The maximum Gasteiger partial charge on any atom is 0.320 e. The van der Waals surface area contributed by atoms with Crippen LogP contribution in [0.4, 0.5) is 0 Å². The second-order valence-electron chi connectivity index (χ2n) is 4.55. The number of carboxylic acid groups (broad SMARTS) is 1. The van der Waals surface area contributed by atoms with Crippen LogP contribution in [-0.2, 0) is 16.0 Å². The van der Waals surface area contributed by atoms with Crippen molar-refractivity contribution in [1.82, 2.24) is 4.90 Å². The van der Waals surface area contributed by atoms with Gasteiger partial charge in [0.2, 0.25) is 0 Å². The van der Waals surface area contributed by atoms with Crippen molar-refractivity contribution >= 4 is 5.97 Å². The van der Waals surface area contributed by atoms with E-state index < -0.39 is 12.0 Å². The summed E-state index contributed by atoms with van der Waals surface area (Å²) in [5, 5.41) is 9.30. The molecule has 1 aliphatic rings. The van der Waals surface area contributed by atoms with Gasteiger partial charge in [0, 0.05) is 19.5 Å². The molecular weight excluding hydrogens is 234 g/mol. The van der Waals surface area contributed by atoms with Gasteiger partial charge >= 0.3 is 5.97 Å². The monoisotopic (exact) mass is 253 g/mol. The number of furan rings is 1. The Labute approximate surface area is 106 Å². The number of carboxylic acids is 1. The molecule has 1 unspecified atom stereocenters. The molecular formula is C13H19NO4. The van der Waals surface area contributed by atoms with Crippen molar-refractivity contribution < 1.29 is 19.1 Å². The van der Waals surface area contributed by atoms with E-state index in [-0.39, 0.29) is 0 Å². The van der Waals surface area contributed by atoms with E-state index in [2.05, 4.69) is 0 Å². The second kappa shape index (κ2) is 6.02. The lowest BCUT2D eigenvalue weighted by atomic mass is 10.1. The largest absolute Gasteiger partial charge is 0.480 e. The molecule has 1 saturated heterocycles. The van der Waals surface area contributed by atoms with Gasteiger partial charge in [0.25, 0.3) is 0 Å². The molecule has 100 valence electrons. The molecule has 0 saturated carbocycles. The Bertz CT molecular complexity index is 395. The van der Waals surface area contributed by atoms with E-state index in [1.165, 1.54) is 0 Å². The molecule has 0 amide bonds. The number of ether oxygens (including phenoxy) is 1. The van der Waals surface area contributed by atoms with Crippen molar-refractivity contribution in [2.75, 3.05) is 26.3 Å².